The van der Waals surface area contributed by atoms with Crippen molar-refractivity contribution in [3.63, 3.8) is 0 Å². The summed E-state index contributed by atoms with van der Waals surface area (Å²) in [5.74, 6) is -1.10. The van der Waals surface area contributed by atoms with E-state index in [1.54, 1.807) is 0 Å². The summed E-state index contributed by atoms with van der Waals surface area (Å²) in [6.07, 6.45) is 3.65. The van der Waals surface area contributed by atoms with E-state index >= 15 is 0 Å². The molecule has 0 spiro atoms. The minimum absolute atomic E-state index is 0.150. The topological polar surface area (TPSA) is 74.6 Å². The number of rotatable bonds is 2. The summed E-state index contributed by atoms with van der Waals surface area (Å²) in [6, 6.07) is 0. The summed E-state index contributed by atoms with van der Waals surface area (Å²) in [6.45, 7) is 0. The highest BCUT2D eigenvalue weighted by Gasteiger charge is 2.60. The summed E-state index contributed by atoms with van der Waals surface area (Å²) in [5, 5.41) is 18.4. The van der Waals surface area contributed by atoms with Crippen molar-refractivity contribution in [1.29, 1.82) is 0 Å². The summed E-state index contributed by atoms with van der Waals surface area (Å²) in [5.41, 5.74) is 0. The quantitative estimate of drug-likeness (QED) is 0.744. The Morgan fingerprint density at radius 3 is 1.62 bits per heavy atom. The first-order valence-corrected chi connectivity index (χ1v) is 6.05. The Bertz CT molecular complexity index is 319. The monoisotopic (exact) mass is 224 g/mol. The first-order chi connectivity index (χ1) is 7.59. The van der Waals surface area contributed by atoms with Gasteiger partial charge in [-0.3, -0.25) is 9.59 Å². The summed E-state index contributed by atoms with van der Waals surface area (Å²) < 4.78 is 0. The number of hydrogen-bond acceptors (Lipinski definition) is 2. The summed E-state index contributed by atoms with van der Waals surface area (Å²) in [4.78, 5) is 22.4. The third-order valence-corrected chi connectivity index (χ3v) is 5.12. The Morgan fingerprint density at radius 2 is 1.25 bits per heavy atom. The Balaban J connectivity index is 1.93. The van der Waals surface area contributed by atoms with Crippen molar-refractivity contribution < 1.29 is 19.8 Å². The van der Waals surface area contributed by atoms with Gasteiger partial charge in [0.25, 0.3) is 0 Å². The Labute approximate surface area is 93.6 Å². The van der Waals surface area contributed by atoms with Gasteiger partial charge in [0.1, 0.15) is 0 Å². The molecule has 3 saturated carbocycles. The van der Waals surface area contributed by atoms with Crippen LogP contribution in [0.4, 0.5) is 0 Å². The van der Waals surface area contributed by atoms with Gasteiger partial charge in [-0.15, -0.1) is 0 Å². The average Bonchev–Trinajstić information content (AvgIpc) is 2.88. The highest BCUT2D eigenvalue weighted by atomic mass is 16.4. The lowest BCUT2D eigenvalue weighted by atomic mass is 9.76. The first kappa shape index (κ1) is 10.1. The second-order valence-corrected chi connectivity index (χ2v) is 5.61. The predicted molar refractivity (Wildman–Crippen MR) is 54.7 cm³/mol. The van der Waals surface area contributed by atoms with E-state index in [2.05, 4.69) is 0 Å². The smallest absolute Gasteiger partial charge is 0.306 e. The molecular formula is C12H16O4. The molecule has 6 atom stereocenters. The van der Waals surface area contributed by atoms with Crippen LogP contribution in [0.5, 0.6) is 0 Å². The lowest BCUT2D eigenvalue weighted by molar-refractivity contribution is -0.144. The van der Waals surface area contributed by atoms with Crippen molar-refractivity contribution in [1.82, 2.24) is 0 Å². The molecule has 3 fully saturated rings. The number of carbonyl (C=O) groups is 2. The van der Waals surface area contributed by atoms with Gasteiger partial charge in [-0.1, -0.05) is 0 Å². The van der Waals surface area contributed by atoms with Crippen LogP contribution in [-0.4, -0.2) is 22.2 Å². The molecular weight excluding hydrogens is 208 g/mol. The van der Waals surface area contributed by atoms with Gasteiger partial charge in [0.05, 0.1) is 11.8 Å². The number of carboxylic acids is 2. The Kier molecular flexibility index (Phi) is 2.03. The van der Waals surface area contributed by atoms with E-state index in [9.17, 15) is 19.8 Å². The molecule has 3 aliphatic rings. The maximum absolute atomic E-state index is 11.2. The number of hydrogen-bond donors (Lipinski definition) is 2. The van der Waals surface area contributed by atoms with Crippen molar-refractivity contribution in [2.45, 2.75) is 25.7 Å². The zero-order valence-electron chi connectivity index (χ0n) is 9.00. The molecule has 16 heavy (non-hydrogen) atoms. The first-order valence-electron chi connectivity index (χ1n) is 6.05. The van der Waals surface area contributed by atoms with Crippen LogP contribution >= 0.6 is 0 Å². The minimum Gasteiger partial charge on any atom is -0.481 e. The van der Waals surface area contributed by atoms with Crippen molar-refractivity contribution in [3.05, 3.63) is 0 Å². The van der Waals surface area contributed by atoms with Crippen molar-refractivity contribution in [2.24, 2.45) is 35.5 Å². The maximum atomic E-state index is 11.2. The van der Waals surface area contributed by atoms with Crippen LogP contribution in [0.1, 0.15) is 25.7 Å². The Hall–Kier alpha value is -1.06. The van der Waals surface area contributed by atoms with Gasteiger partial charge < -0.3 is 10.2 Å². The Morgan fingerprint density at radius 1 is 0.812 bits per heavy atom. The second-order valence-electron chi connectivity index (χ2n) is 5.61. The fourth-order valence-corrected chi connectivity index (χ4v) is 4.69. The van der Waals surface area contributed by atoms with Gasteiger partial charge >= 0.3 is 11.9 Å². The third kappa shape index (κ3) is 1.16. The van der Waals surface area contributed by atoms with Crippen LogP contribution in [0.15, 0.2) is 0 Å². The van der Waals surface area contributed by atoms with Crippen molar-refractivity contribution in [3.8, 4) is 0 Å². The van der Waals surface area contributed by atoms with Gasteiger partial charge in [-0.2, -0.15) is 0 Å². The SMILES string of the molecule is O=C(O)[C@H]1C[C@H](C(=O)O)[C@H]2C3CCC(C3)[C@@H]21. The average molecular weight is 224 g/mol. The van der Waals surface area contributed by atoms with Gasteiger partial charge in [0, 0.05) is 0 Å². The molecule has 0 aliphatic heterocycles. The molecule has 2 N–H and O–H groups in total. The van der Waals surface area contributed by atoms with E-state index in [-0.39, 0.29) is 11.8 Å². The lowest BCUT2D eigenvalue weighted by Gasteiger charge is -2.28. The molecule has 2 bridgehead atoms. The molecule has 0 aromatic heterocycles. The molecule has 0 heterocycles. The molecule has 0 radical (unpaired) electrons. The molecule has 0 saturated heterocycles. The van der Waals surface area contributed by atoms with E-state index in [1.165, 1.54) is 0 Å². The molecule has 0 aromatic carbocycles. The van der Waals surface area contributed by atoms with E-state index < -0.39 is 23.8 Å². The zero-order valence-corrected chi connectivity index (χ0v) is 9.00. The van der Waals surface area contributed by atoms with E-state index in [1.807, 2.05) is 0 Å². The standard InChI is InChI=1S/C12H16O4/c13-11(14)7-4-8(12(15)16)10-6-2-1-5(3-6)9(7)10/h5-10H,1-4H2,(H,13,14)(H,15,16)/t5?,6?,7-,8-,9+,10+/m0/s1. The van der Waals surface area contributed by atoms with Gasteiger partial charge in [-0.25, -0.2) is 0 Å². The minimum atomic E-state index is -0.786. The largest absolute Gasteiger partial charge is 0.481 e. The molecule has 4 nitrogen and oxygen atoms in total. The fourth-order valence-electron chi connectivity index (χ4n) is 4.69. The van der Waals surface area contributed by atoms with Crippen LogP contribution in [0.25, 0.3) is 0 Å². The fraction of sp³-hybridized carbons (Fsp3) is 0.833. The summed E-state index contributed by atoms with van der Waals surface area (Å²) in [7, 11) is 0. The van der Waals surface area contributed by atoms with E-state index in [0.29, 0.717) is 18.3 Å². The van der Waals surface area contributed by atoms with Crippen LogP contribution in [-0.2, 0) is 9.59 Å². The number of carboxylic acid groups (broad SMARTS) is 2. The summed E-state index contributed by atoms with van der Waals surface area (Å²) >= 11 is 0. The van der Waals surface area contributed by atoms with Crippen molar-refractivity contribution in [2.75, 3.05) is 0 Å². The highest BCUT2D eigenvalue weighted by Crippen LogP contribution is 2.62. The van der Waals surface area contributed by atoms with Crippen LogP contribution in [0, 0.1) is 35.5 Å². The maximum Gasteiger partial charge on any atom is 0.306 e. The van der Waals surface area contributed by atoms with E-state index in [0.717, 1.165) is 19.3 Å². The molecule has 0 aromatic rings. The molecule has 4 heteroatoms. The molecule has 88 valence electrons. The predicted octanol–water partition coefficient (Wildman–Crippen LogP) is 1.45. The van der Waals surface area contributed by atoms with Gasteiger partial charge in [0.2, 0.25) is 0 Å². The van der Waals surface area contributed by atoms with Crippen molar-refractivity contribution >= 4 is 11.9 Å². The molecule has 3 aliphatic carbocycles. The lowest BCUT2D eigenvalue weighted by Crippen LogP contribution is -2.29. The highest BCUT2D eigenvalue weighted by molar-refractivity contribution is 5.76. The number of fused-ring (bicyclic) bond motifs is 5. The normalized spacial score (nSPS) is 49.2. The van der Waals surface area contributed by atoms with Gasteiger partial charge in [0.15, 0.2) is 0 Å². The second kappa shape index (κ2) is 3.22. The van der Waals surface area contributed by atoms with Gasteiger partial charge in [-0.05, 0) is 49.4 Å². The molecule has 3 rings (SSSR count). The molecule has 0 amide bonds. The van der Waals surface area contributed by atoms with E-state index in [4.69, 9.17) is 0 Å². The molecule has 2 unspecified atom stereocenters. The van der Waals surface area contributed by atoms with Crippen LogP contribution < -0.4 is 0 Å². The van der Waals surface area contributed by atoms with Crippen LogP contribution in [0.2, 0.25) is 0 Å². The third-order valence-electron chi connectivity index (χ3n) is 5.12. The van der Waals surface area contributed by atoms with Crippen LogP contribution in [0.3, 0.4) is 0 Å². The zero-order chi connectivity index (χ0) is 11.4. The number of aliphatic carboxylic acids is 2.